The molecule has 3 aliphatic rings. The van der Waals surface area contributed by atoms with Crippen molar-refractivity contribution < 1.29 is 0 Å². The first kappa shape index (κ1) is 9.93. The number of hydrogen-bond acceptors (Lipinski definition) is 0. The Morgan fingerprint density at radius 3 is 2.47 bits per heavy atom. The number of allylic oxidation sites excluding steroid dienone is 2. The molecule has 2 unspecified atom stereocenters. The summed E-state index contributed by atoms with van der Waals surface area (Å²) in [6, 6.07) is 0. The van der Waals surface area contributed by atoms with E-state index in [0.717, 1.165) is 11.8 Å². The van der Waals surface area contributed by atoms with Gasteiger partial charge in [-0.2, -0.15) is 0 Å². The van der Waals surface area contributed by atoms with Crippen molar-refractivity contribution in [3.63, 3.8) is 0 Å². The summed E-state index contributed by atoms with van der Waals surface area (Å²) >= 11 is 0. The van der Waals surface area contributed by atoms with Gasteiger partial charge in [0.15, 0.2) is 0 Å². The summed E-state index contributed by atoms with van der Waals surface area (Å²) in [6.07, 6.45) is 7.28. The minimum Gasteiger partial charge on any atom is -0.0727 e. The number of fused-ring (bicyclic) bond motifs is 2. The minimum atomic E-state index is 0.568. The first-order valence-corrected chi connectivity index (χ1v) is 6.65. The molecule has 0 aliphatic heterocycles. The van der Waals surface area contributed by atoms with Crippen LogP contribution in [0.4, 0.5) is 0 Å². The van der Waals surface area contributed by atoms with Crippen LogP contribution in [0.1, 0.15) is 59.8 Å². The Hall–Kier alpha value is -0.260. The molecule has 0 aromatic carbocycles. The summed E-state index contributed by atoms with van der Waals surface area (Å²) in [7, 11) is 0. The molecular formula is C15H24. The lowest BCUT2D eigenvalue weighted by Gasteiger charge is -2.36. The molecule has 0 heterocycles. The third-order valence-corrected chi connectivity index (χ3v) is 5.32. The van der Waals surface area contributed by atoms with E-state index in [1.165, 1.54) is 32.1 Å². The lowest BCUT2D eigenvalue weighted by atomic mass is 9.69. The molecule has 0 amide bonds. The highest BCUT2D eigenvalue weighted by Crippen LogP contribution is 2.69. The third kappa shape index (κ3) is 1.26. The van der Waals surface area contributed by atoms with Crippen LogP contribution < -0.4 is 0 Å². The van der Waals surface area contributed by atoms with Gasteiger partial charge in [-0.25, -0.2) is 0 Å². The van der Waals surface area contributed by atoms with Gasteiger partial charge < -0.3 is 0 Å². The molecule has 0 N–H and O–H groups in total. The van der Waals surface area contributed by atoms with Crippen molar-refractivity contribution in [1.82, 2.24) is 0 Å². The van der Waals surface area contributed by atoms with E-state index in [4.69, 9.17) is 0 Å². The zero-order valence-corrected chi connectivity index (χ0v) is 10.7. The molecule has 2 saturated carbocycles. The molecule has 0 aromatic heterocycles. The molecule has 2 atom stereocenters. The molecule has 15 heavy (non-hydrogen) atoms. The molecule has 1 spiro atoms. The Bertz CT molecular complexity index is 328. The normalized spacial score (nSPS) is 40.8. The van der Waals surface area contributed by atoms with Crippen molar-refractivity contribution in [2.24, 2.45) is 22.7 Å². The maximum Gasteiger partial charge on any atom is -0.00563 e. The van der Waals surface area contributed by atoms with Crippen LogP contribution in [-0.4, -0.2) is 0 Å². The van der Waals surface area contributed by atoms with Crippen LogP contribution >= 0.6 is 0 Å². The van der Waals surface area contributed by atoms with Crippen molar-refractivity contribution >= 4 is 0 Å². The molecule has 2 fully saturated rings. The van der Waals surface area contributed by atoms with E-state index in [9.17, 15) is 0 Å². The van der Waals surface area contributed by atoms with Crippen LogP contribution in [0.15, 0.2) is 11.1 Å². The molecular weight excluding hydrogens is 180 g/mol. The van der Waals surface area contributed by atoms with Crippen LogP contribution in [0.25, 0.3) is 0 Å². The Balaban J connectivity index is 2.03. The second kappa shape index (κ2) is 2.70. The van der Waals surface area contributed by atoms with Crippen LogP contribution in [0.5, 0.6) is 0 Å². The first-order chi connectivity index (χ1) is 6.95. The standard InChI is InChI=1S/C15H24/c1-10-8-14(3,4)9-12-7-11(2)15(5-6-15)13(10)12/h11-12H,5-9H2,1-4H3. The second-order valence-corrected chi connectivity index (χ2v) is 7.23. The van der Waals surface area contributed by atoms with Crippen molar-refractivity contribution in [2.45, 2.75) is 59.8 Å². The van der Waals surface area contributed by atoms with Gasteiger partial charge in [0.25, 0.3) is 0 Å². The van der Waals surface area contributed by atoms with E-state index in [1.54, 1.807) is 5.57 Å². The summed E-state index contributed by atoms with van der Waals surface area (Å²) in [6.45, 7) is 9.83. The van der Waals surface area contributed by atoms with E-state index in [2.05, 4.69) is 27.7 Å². The van der Waals surface area contributed by atoms with Gasteiger partial charge >= 0.3 is 0 Å². The van der Waals surface area contributed by atoms with Crippen molar-refractivity contribution in [2.75, 3.05) is 0 Å². The number of hydrogen-bond donors (Lipinski definition) is 0. The van der Waals surface area contributed by atoms with Crippen molar-refractivity contribution in [3.05, 3.63) is 11.1 Å². The third-order valence-electron chi connectivity index (χ3n) is 5.32. The van der Waals surface area contributed by atoms with Gasteiger partial charge in [0.05, 0.1) is 0 Å². The second-order valence-electron chi connectivity index (χ2n) is 7.23. The summed E-state index contributed by atoms with van der Waals surface area (Å²) in [5.41, 5.74) is 4.97. The topological polar surface area (TPSA) is 0 Å². The fraction of sp³-hybridized carbons (Fsp3) is 0.867. The van der Waals surface area contributed by atoms with Gasteiger partial charge in [0.2, 0.25) is 0 Å². The highest BCUT2D eigenvalue weighted by atomic mass is 14.6. The Kier molecular flexibility index (Phi) is 1.79. The van der Waals surface area contributed by atoms with Crippen LogP contribution in [0.3, 0.4) is 0 Å². The molecule has 84 valence electrons. The maximum atomic E-state index is 2.50. The predicted molar refractivity (Wildman–Crippen MR) is 64.7 cm³/mol. The van der Waals surface area contributed by atoms with Gasteiger partial charge in [-0.1, -0.05) is 31.9 Å². The average molecular weight is 204 g/mol. The van der Waals surface area contributed by atoms with Gasteiger partial charge in [-0.05, 0) is 61.7 Å². The van der Waals surface area contributed by atoms with E-state index < -0.39 is 0 Å². The predicted octanol–water partition coefficient (Wildman–Crippen LogP) is 4.56. The van der Waals surface area contributed by atoms with Gasteiger partial charge in [-0.15, -0.1) is 0 Å². The molecule has 0 saturated heterocycles. The lowest BCUT2D eigenvalue weighted by Crippen LogP contribution is -2.24. The maximum absolute atomic E-state index is 2.50. The lowest BCUT2D eigenvalue weighted by molar-refractivity contribution is 0.260. The molecule has 0 aromatic rings. The molecule has 0 heteroatoms. The zero-order chi connectivity index (χ0) is 10.8. The van der Waals surface area contributed by atoms with Gasteiger partial charge in [-0.3, -0.25) is 0 Å². The largest absolute Gasteiger partial charge is 0.0727 e. The Labute approximate surface area is 94.1 Å². The van der Waals surface area contributed by atoms with Crippen LogP contribution in [0.2, 0.25) is 0 Å². The van der Waals surface area contributed by atoms with Crippen molar-refractivity contribution in [3.8, 4) is 0 Å². The summed E-state index contributed by atoms with van der Waals surface area (Å²) in [4.78, 5) is 0. The van der Waals surface area contributed by atoms with E-state index in [-0.39, 0.29) is 0 Å². The molecule has 0 bridgehead atoms. The number of rotatable bonds is 0. The van der Waals surface area contributed by atoms with Gasteiger partial charge in [0, 0.05) is 0 Å². The van der Waals surface area contributed by atoms with E-state index in [0.29, 0.717) is 10.8 Å². The van der Waals surface area contributed by atoms with Crippen LogP contribution in [0, 0.1) is 22.7 Å². The van der Waals surface area contributed by atoms with Crippen molar-refractivity contribution in [1.29, 1.82) is 0 Å². The van der Waals surface area contributed by atoms with E-state index >= 15 is 0 Å². The summed E-state index contributed by atoms with van der Waals surface area (Å²) < 4.78 is 0. The highest BCUT2D eigenvalue weighted by Gasteiger charge is 2.58. The van der Waals surface area contributed by atoms with Crippen LogP contribution in [-0.2, 0) is 0 Å². The first-order valence-electron chi connectivity index (χ1n) is 6.65. The fourth-order valence-electron chi connectivity index (χ4n) is 4.85. The summed E-state index contributed by atoms with van der Waals surface area (Å²) in [5.74, 6) is 1.92. The van der Waals surface area contributed by atoms with Gasteiger partial charge in [0.1, 0.15) is 0 Å². The minimum absolute atomic E-state index is 0.568. The smallest absolute Gasteiger partial charge is 0.00563 e. The Morgan fingerprint density at radius 2 is 1.87 bits per heavy atom. The molecule has 0 radical (unpaired) electrons. The molecule has 3 rings (SSSR count). The molecule has 0 nitrogen and oxygen atoms in total. The zero-order valence-electron chi connectivity index (χ0n) is 10.7. The highest BCUT2D eigenvalue weighted by molar-refractivity contribution is 5.37. The van der Waals surface area contributed by atoms with E-state index in [1.807, 2.05) is 5.57 Å². The summed E-state index contributed by atoms with van der Waals surface area (Å²) in [5, 5.41) is 0. The fourth-order valence-corrected chi connectivity index (χ4v) is 4.85. The monoisotopic (exact) mass is 204 g/mol. The average Bonchev–Trinajstić information content (AvgIpc) is 2.76. The SMILES string of the molecule is CC1=C2C(CC(C)C23CC3)CC(C)(C)C1. The quantitative estimate of drug-likeness (QED) is 0.507. The molecule has 3 aliphatic carbocycles. The Morgan fingerprint density at radius 1 is 1.20 bits per heavy atom.